The van der Waals surface area contributed by atoms with Gasteiger partial charge in [0.25, 0.3) is 0 Å². The van der Waals surface area contributed by atoms with E-state index in [-0.39, 0.29) is 17.4 Å². The molecule has 0 bridgehead atoms. The highest BCUT2D eigenvalue weighted by molar-refractivity contribution is 5.01. The van der Waals surface area contributed by atoms with Crippen LogP contribution in [0.1, 0.15) is 72.2 Å². The van der Waals surface area contributed by atoms with E-state index in [0.717, 1.165) is 6.54 Å². The number of ether oxygens (including phenoxy) is 1. The number of rotatable bonds is 7. The molecule has 116 valence electrons. The van der Waals surface area contributed by atoms with Gasteiger partial charge in [0.05, 0.1) is 5.92 Å². The van der Waals surface area contributed by atoms with Gasteiger partial charge in [-0.2, -0.15) is 4.98 Å². The molecule has 1 aromatic heterocycles. The first-order valence-electron chi connectivity index (χ1n) is 7.49. The van der Waals surface area contributed by atoms with Gasteiger partial charge in [-0.3, -0.25) is 0 Å². The van der Waals surface area contributed by atoms with Gasteiger partial charge < -0.3 is 14.6 Å². The van der Waals surface area contributed by atoms with Crippen molar-refractivity contribution >= 4 is 0 Å². The first kappa shape index (κ1) is 17.1. The van der Waals surface area contributed by atoms with E-state index >= 15 is 0 Å². The molecule has 0 aliphatic heterocycles. The zero-order valence-corrected chi connectivity index (χ0v) is 13.9. The van der Waals surface area contributed by atoms with Crippen molar-refractivity contribution in [2.24, 2.45) is 5.41 Å². The van der Waals surface area contributed by atoms with Crippen molar-refractivity contribution in [3.8, 4) is 0 Å². The summed E-state index contributed by atoms with van der Waals surface area (Å²) in [6.45, 7) is 16.2. The van der Waals surface area contributed by atoms with Gasteiger partial charge in [0.1, 0.15) is 6.10 Å². The lowest BCUT2D eigenvalue weighted by Gasteiger charge is -2.27. The van der Waals surface area contributed by atoms with E-state index in [2.05, 4.69) is 57.0 Å². The van der Waals surface area contributed by atoms with Crippen LogP contribution in [0.2, 0.25) is 0 Å². The highest BCUT2D eigenvalue weighted by Crippen LogP contribution is 2.35. The topological polar surface area (TPSA) is 60.2 Å². The van der Waals surface area contributed by atoms with Crippen LogP contribution in [0.25, 0.3) is 0 Å². The molecule has 3 unspecified atom stereocenters. The maximum atomic E-state index is 5.79. The van der Waals surface area contributed by atoms with Crippen LogP contribution in [0, 0.1) is 5.41 Å². The van der Waals surface area contributed by atoms with Crippen LogP contribution in [-0.4, -0.2) is 29.3 Å². The molecule has 5 nitrogen and oxygen atoms in total. The third-order valence-corrected chi connectivity index (χ3v) is 3.48. The second-order valence-electron chi connectivity index (χ2n) is 6.33. The molecule has 1 aromatic rings. The van der Waals surface area contributed by atoms with Gasteiger partial charge in [-0.05, 0) is 25.8 Å². The van der Waals surface area contributed by atoms with Crippen molar-refractivity contribution in [2.45, 2.75) is 66.5 Å². The van der Waals surface area contributed by atoms with Crippen LogP contribution < -0.4 is 5.32 Å². The summed E-state index contributed by atoms with van der Waals surface area (Å²) in [4.78, 5) is 4.56. The Kier molecular flexibility index (Phi) is 6.14. The normalized spacial score (nSPS) is 16.9. The third kappa shape index (κ3) is 4.28. The molecule has 1 N–H and O–H groups in total. The van der Waals surface area contributed by atoms with Gasteiger partial charge >= 0.3 is 0 Å². The van der Waals surface area contributed by atoms with Crippen molar-refractivity contribution in [1.29, 1.82) is 0 Å². The Labute approximate surface area is 122 Å². The van der Waals surface area contributed by atoms with Crippen molar-refractivity contribution in [3.63, 3.8) is 0 Å². The van der Waals surface area contributed by atoms with Crippen molar-refractivity contribution in [3.05, 3.63) is 11.7 Å². The molecule has 0 fully saturated rings. The van der Waals surface area contributed by atoms with E-state index in [4.69, 9.17) is 9.26 Å². The Bertz CT molecular complexity index is 398. The van der Waals surface area contributed by atoms with Crippen LogP contribution in [-0.2, 0) is 4.74 Å². The molecule has 5 heteroatoms. The van der Waals surface area contributed by atoms with Gasteiger partial charge in [-0.15, -0.1) is 0 Å². The standard InChI is InChI=1S/C15H29N3O2/c1-8-16-11(4)10(3)14-17-13(18-20-14)12(19-9-2)15(5,6)7/h10-12,16H,8-9H2,1-7H3. The van der Waals surface area contributed by atoms with Crippen molar-refractivity contribution in [2.75, 3.05) is 13.2 Å². The second kappa shape index (κ2) is 7.18. The van der Waals surface area contributed by atoms with Crippen LogP contribution >= 0.6 is 0 Å². The predicted molar refractivity (Wildman–Crippen MR) is 79.7 cm³/mol. The summed E-state index contributed by atoms with van der Waals surface area (Å²) < 4.78 is 11.2. The van der Waals surface area contributed by atoms with Crippen LogP contribution in [0.4, 0.5) is 0 Å². The van der Waals surface area contributed by atoms with Gasteiger partial charge in [0.2, 0.25) is 11.7 Å². The molecule has 0 radical (unpaired) electrons. The van der Waals surface area contributed by atoms with E-state index in [1.54, 1.807) is 0 Å². The summed E-state index contributed by atoms with van der Waals surface area (Å²) in [5.74, 6) is 1.49. The minimum atomic E-state index is -0.147. The van der Waals surface area contributed by atoms with E-state index in [1.807, 2.05) is 6.92 Å². The Balaban J connectivity index is 2.89. The lowest BCUT2D eigenvalue weighted by molar-refractivity contribution is -0.0203. The third-order valence-electron chi connectivity index (χ3n) is 3.48. The molecule has 3 atom stereocenters. The zero-order chi connectivity index (χ0) is 15.3. The molecule has 0 aromatic carbocycles. The maximum Gasteiger partial charge on any atom is 0.231 e. The number of likely N-dealkylation sites (N-methyl/N-ethyl adjacent to an activating group) is 1. The SMILES string of the molecule is CCNC(C)C(C)c1nc(C(OCC)C(C)(C)C)no1. The molecule has 0 spiro atoms. The van der Waals surface area contributed by atoms with Crippen LogP contribution in [0.5, 0.6) is 0 Å². The number of aromatic nitrogens is 2. The fourth-order valence-electron chi connectivity index (χ4n) is 2.13. The summed E-state index contributed by atoms with van der Waals surface area (Å²) in [5, 5.41) is 7.50. The largest absolute Gasteiger partial charge is 0.370 e. The molecule has 20 heavy (non-hydrogen) atoms. The highest BCUT2D eigenvalue weighted by Gasteiger charge is 2.32. The summed E-state index contributed by atoms with van der Waals surface area (Å²) in [6.07, 6.45) is -0.147. The average Bonchev–Trinajstić information content (AvgIpc) is 2.82. The maximum absolute atomic E-state index is 5.79. The fourth-order valence-corrected chi connectivity index (χ4v) is 2.13. The number of nitrogens with one attached hydrogen (secondary N) is 1. The number of nitrogens with zero attached hydrogens (tertiary/aromatic N) is 2. The average molecular weight is 283 g/mol. The Hall–Kier alpha value is -0.940. The number of hydrogen-bond acceptors (Lipinski definition) is 5. The van der Waals surface area contributed by atoms with Gasteiger partial charge in [0, 0.05) is 12.6 Å². The van der Waals surface area contributed by atoms with Gasteiger partial charge in [0.15, 0.2) is 0 Å². The monoisotopic (exact) mass is 283 g/mol. The molecular formula is C15H29N3O2. The van der Waals surface area contributed by atoms with Gasteiger partial charge in [-0.25, -0.2) is 0 Å². The summed E-state index contributed by atoms with van der Waals surface area (Å²) in [7, 11) is 0. The predicted octanol–water partition coefficient (Wildman–Crippen LogP) is 3.29. The Morgan fingerprint density at radius 3 is 2.40 bits per heavy atom. The highest BCUT2D eigenvalue weighted by atomic mass is 16.5. The lowest BCUT2D eigenvalue weighted by Crippen LogP contribution is -2.30. The van der Waals surface area contributed by atoms with Crippen molar-refractivity contribution < 1.29 is 9.26 Å². The molecule has 0 aliphatic rings. The fraction of sp³-hybridized carbons (Fsp3) is 0.867. The van der Waals surface area contributed by atoms with E-state index < -0.39 is 0 Å². The molecule has 0 saturated heterocycles. The summed E-state index contributed by atoms with van der Waals surface area (Å²) in [5.41, 5.74) is -0.0618. The Morgan fingerprint density at radius 2 is 1.90 bits per heavy atom. The van der Waals surface area contributed by atoms with E-state index in [9.17, 15) is 0 Å². The minimum absolute atomic E-state index is 0.0618. The second-order valence-corrected chi connectivity index (χ2v) is 6.33. The minimum Gasteiger partial charge on any atom is -0.370 e. The molecule has 0 aliphatic carbocycles. The first-order valence-corrected chi connectivity index (χ1v) is 7.49. The van der Waals surface area contributed by atoms with E-state index in [1.165, 1.54) is 0 Å². The first-order chi connectivity index (χ1) is 9.31. The van der Waals surface area contributed by atoms with E-state index in [0.29, 0.717) is 24.4 Å². The summed E-state index contributed by atoms with van der Waals surface area (Å²) >= 11 is 0. The molecule has 1 rings (SSSR count). The zero-order valence-electron chi connectivity index (χ0n) is 13.9. The lowest BCUT2D eigenvalue weighted by atomic mass is 9.88. The Morgan fingerprint density at radius 1 is 1.25 bits per heavy atom. The van der Waals surface area contributed by atoms with Crippen molar-refractivity contribution in [1.82, 2.24) is 15.5 Å². The number of hydrogen-bond donors (Lipinski definition) is 1. The summed E-state index contributed by atoms with van der Waals surface area (Å²) in [6, 6.07) is 0.300. The van der Waals surface area contributed by atoms with Crippen LogP contribution in [0.3, 0.4) is 0 Å². The smallest absolute Gasteiger partial charge is 0.231 e. The molecule has 1 heterocycles. The molecular weight excluding hydrogens is 254 g/mol. The van der Waals surface area contributed by atoms with Crippen LogP contribution in [0.15, 0.2) is 4.52 Å². The molecule has 0 amide bonds. The quantitative estimate of drug-likeness (QED) is 0.832. The van der Waals surface area contributed by atoms with Gasteiger partial charge in [-0.1, -0.05) is 39.8 Å². The molecule has 0 saturated carbocycles.